The van der Waals surface area contributed by atoms with E-state index < -0.39 is 11.9 Å². The van der Waals surface area contributed by atoms with Crippen molar-refractivity contribution in [2.45, 2.75) is 0 Å². The number of hydrogen-bond donors (Lipinski definition) is 2. The zero-order chi connectivity index (χ0) is 13.2. The fraction of sp³-hybridized carbons (Fsp3) is 0. The molecule has 0 unspecified atom stereocenters. The Morgan fingerprint density at radius 2 is 1.74 bits per heavy atom. The van der Waals surface area contributed by atoms with E-state index in [4.69, 9.17) is 0 Å². The Bertz CT molecular complexity index is 657. The minimum atomic E-state index is -0.480. The number of nitrogens with one attached hydrogen (secondary N) is 2. The molecule has 0 aliphatic carbocycles. The lowest BCUT2D eigenvalue weighted by Crippen LogP contribution is -2.22. The van der Waals surface area contributed by atoms with Gasteiger partial charge in [-0.05, 0) is 39.6 Å². The zero-order valence-corrected chi connectivity index (χ0v) is 10.7. The molecule has 19 heavy (non-hydrogen) atoms. The van der Waals surface area contributed by atoms with Gasteiger partial charge in [0.1, 0.15) is 5.70 Å². The van der Waals surface area contributed by atoms with E-state index in [1.165, 1.54) is 5.56 Å². The number of carbonyl (C=O) groups excluding carboxylic acids is 2. The lowest BCUT2D eigenvalue weighted by atomic mass is 10.1. The van der Waals surface area contributed by atoms with Gasteiger partial charge >= 0.3 is 6.03 Å². The van der Waals surface area contributed by atoms with Gasteiger partial charge in [0.2, 0.25) is 0 Å². The van der Waals surface area contributed by atoms with Crippen LogP contribution in [-0.2, 0) is 4.79 Å². The smallest absolute Gasteiger partial charge is 0.303 e. The Hall–Kier alpha value is -2.40. The van der Waals surface area contributed by atoms with Gasteiger partial charge in [0.25, 0.3) is 5.91 Å². The molecule has 0 atom stereocenters. The highest BCUT2D eigenvalue weighted by atomic mass is 32.1. The normalized spacial score (nSPS) is 16.5. The Morgan fingerprint density at radius 1 is 0.947 bits per heavy atom. The molecule has 0 spiro atoms. The zero-order valence-electron chi connectivity index (χ0n) is 9.84. The van der Waals surface area contributed by atoms with Crippen LogP contribution in [0, 0.1) is 0 Å². The first kappa shape index (κ1) is 11.7. The summed E-state index contributed by atoms with van der Waals surface area (Å²) in [6.07, 6.45) is 1.65. The molecule has 2 heterocycles. The SMILES string of the molecule is O=C1NC(=O)/C(=C\c2ccc(-c3ccsc3)cc2)N1. The summed E-state index contributed by atoms with van der Waals surface area (Å²) in [5, 5.41) is 8.74. The molecule has 1 aliphatic rings. The summed E-state index contributed by atoms with van der Waals surface area (Å²) in [5.41, 5.74) is 3.44. The molecule has 5 heteroatoms. The van der Waals surface area contributed by atoms with Gasteiger partial charge in [-0.25, -0.2) is 4.79 Å². The molecule has 94 valence electrons. The lowest BCUT2D eigenvalue weighted by Gasteiger charge is -2.00. The van der Waals surface area contributed by atoms with E-state index >= 15 is 0 Å². The Morgan fingerprint density at radius 3 is 2.32 bits per heavy atom. The highest BCUT2D eigenvalue weighted by molar-refractivity contribution is 7.08. The van der Waals surface area contributed by atoms with Gasteiger partial charge in [-0.15, -0.1) is 0 Å². The van der Waals surface area contributed by atoms with Crippen molar-refractivity contribution >= 4 is 29.4 Å². The van der Waals surface area contributed by atoms with E-state index in [-0.39, 0.29) is 5.70 Å². The van der Waals surface area contributed by atoms with Crippen LogP contribution in [0.25, 0.3) is 17.2 Å². The summed E-state index contributed by atoms with van der Waals surface area (Å²) in [7, 11) is 0. The maximum atomic E-state index is 11.4. The third kappa shape index (κ3) is 2.41. The van der Waals surface area contributed by atoms with Crippen molar-refractivity contribution in [1.29, 1.82) is 0 Å². The number of amides is 3. The molecule has 1 saturated heterocycles. The average molecular weight is 270 g/mol. The van der Waals surface area contributed by atoms with Gasteiger partial charge in [0, 0.05) is 0 Å². The third-order valence-corrected chi connectivity index (χ3v) is 3.48. The van der Waals surface area contributed by atoms with Crippen molar-refractivity contribution in [3.8, 4) is 11.1 Å². The van der Waals surface area contributed by atoms with Crippen LogP contribution >= 0.6 is 11.3 Å². The molecule has 1 aliphatic heterocycles. The summed E-state index contributed by atoms with van der Waals surface area (Å²) >= 11 is 1.65. The van der Waals surface area contributed by atoms with Gasteiger partial charge in [0.05, 0.1) is 0 Å². The first-order valence-corrected chi connectivity index (χ1v) is 6.63. The molecule has 1 aromatic carbocycles. The summed E-state index contributed by atoms with van der Waals surface area (Å²) in [5.74, 6) is -0.396. The van der Waals surface area contributed by atoms with E-state index in [1.54, 1.807) is 17.4 Å². The van der Waals surface area contributed by atoms with E-state index in [0.29, 0.717) is 0 Å². The van der Waals surface area contributed by atoms with Crippen molar-refractivity contribution in [1.82, 2.24) is 10.6 Å². The molecule has 1 aromatic heterocycles. The molecule has 0 saturated carbocycles. The highest BCUT2D eigenvalue weighted by Crippen LogP contribution is 2.22. The molecular formula is C14H10N2O2S. The van der Waals surface area contributed by atoms with Crippen LogP contribution in [-0.4, -0.2) is 11.9 Å². The number of rotatable bonds is 2. The number of thiophene rings is 1. The van der Waals surface area contributed by atoms with Crippen molar-refractivity contribution in [3.05, 3.63) is 52.4 Å². The number of carbonyl (C=O) groups is 2. The fourth-order valence-electron chi connectivity index (χ4n) is 1.85. The second-order valence-electron chi connectivity index (χ2n) is 4.10. The number of hydrogen-bond acceptors (Lipinski definition) is 3. The summed E-state index contributed by atoms with van der Waals surface area (Å²) in [6.45, 7) is 0. The van der Waals surface area contributed by atoms with Gasteiger partial charge in [0.15, 0.2) is 0 Å². The monoisotopic (exact) mass is 270 g/mol. The molecule has 4 nitrogen and oxygen atoms in total. The first-order valence-electron chi connectivity index (χ1n) is 5.69. The predicted octanol–water partition coefficient (Wildman–Crippen LogP) is 2.60. The van der Waals surface area contributed by atoms with Crippen molar-refractivity contribution in [3.63, 3.8) is 0 Å². The van der Waals surface area contributed by atoms with Gasteiger partial charge in [-0.3, -0.25) is 10.1 Å². The maximum Gasteiger partial charge on any atom is 0.326 e. The molecule has 3 amide bonds. The molecule has 3 rings (SSSR count). The minimum absolute atomic E-state index is 0.272. The molecule has 1 fully saturated rings. The van der Waals surface area contributed by atoms with Crippen LogP contribution in [0.1, 0.15) is 5.56 Å². The number of benzene rings is 1. The van der Waals surface area contributed by atoms with Crippen LogP contribution in [0.3, 0.4) is 0 Å². The summed E-state index contributed by atoms with van der Waals surface area (Å²) < 4.78 is 0. The van der Waals surface area contributed by atoms with Crippen molar-refractivity contribution in [2.75, 3.05) is 0 Å². The molecule has 0 radical (unpaired) electrons. The van der Waals surface area contributed by atoms with E-state index in [1.807, 2.05) is 29.6 Å². The van der Waals surface area contributed by atoms with E-state index in [9.17, 15) is 9.59 Å². The Balaban J connectivity index is 1.86. The van der Waals surface area contributed by atoms with E-state index in [0.717, 1.165) is 11.1 Å². The number of urea groups is 1. The minimum Gasteiger partial charge on any atom is -0.303 e. The molecule has 2 N–H and O–H groups in total. The second-order valence-corrected chi connectivity index (χ2v) is 4.88. The molecule has 2 aromatic rings. The molecular weight excluding hydrogens is 260 g/mol. The van der Waals surface area contributed by atoms with Gasteiger partial charge in [-0.1, -0.05) is 24.3 Å². The summed E-state index contributed by atoms with van der Waals surface area (Å²) in [6, 6.07) is 9.39. The van der Waals surface area contributed by atoms with Gasteiger partial charge in [-0.2, -0.15) is 11.3 Å². The Labute approximate surface area is 113 Å². The largest absolute Gasteiger partial charge is 0.326 e. The Kier molecular flexibility index (Phi) is 2.89. The number of imide groups is 1. The van der Waals surface area contributed by atoms with Crippen LogP contribution in [0.4, 0.5) is 4.79 Å². The highest BCUT2D eigenvalue weighted by Gasteiger charge is 2.22. The second kappa shape index (κ2) is 4.70. The standard InChI is InChI=1S/C14H10N2O2S/c17-13-12(15-14(18)16-13)7-9-1-3-10(4-2-9)11-5-6-19-8-11/h1-8H,(H2,15,16,17,18)/b12-7+. The van der Waals surface area contributed by atoms with E-state index in [2.05, 4.69) is 22.1 Å². The third-order valence-electron chi connectivity index (χ3n) is 2.80. The van der Waals surface area contributed by atoms with Gasteiger partial charge < -0.3 is 5.32 Å². The quantitative estimate of drug-likeness (QED) is 0.651. The topological polar surface area (TPSA) is 58.2 Å². The summed E-state index contributed by atoms with van der Waals surface area (Å²) in [4.78, 5) is 22.4. The fourth-order valence-corrected chi connectivity index (χ4v) is 2.51. The maximum absolute atomic E-state index is 11.4. The van der Waals surface area contributed by atoms with Crippen LogP contribution < -0.4 is 10.6 Å². The van der Waals surface area contributed by atoms with Crippen LogP contribution in [0.5, 0.6) is 0 Å². The first-order chi connectivity index (χ1) is 9.22. The predicted molar refractivity (Wildman–Crippen MR) is 74.4 cm³/mol. The lowest BCUT2D eigenvalue weighted by molar-refractivity contribution is -0.115. The van der Waals surface area contributed by atoms with Crippen LogP contribution in [0.2, 0.25) is 0 Å². The molecule has 0 bridgehead atoms. The van der Waals surface area contributed by atoms with Crippen molar-refractivity contribution < 1.29 is 9.59 Å². The van der Waals surface area contributed by atoms with Crippen LogP contribution in [0.15, 0.2) is 46.8 Å². The van der Waals surface area contributed by atoms with Crippen molar-refractivity contribution in [2.24, 2.45) is 0 Å². The average Bonchev–Trinajstić information content (AvgIpc) is 3.01.